The molecule has 2 aliphatic carbocycles. The van der Waals surface area contributed by atoms with E-state index in [4.69, 9.17) is 9.47 Å². The highest BCUT2D eigenvalue weighted by molar-refractivity contribution is 6.35. The fourth-order valence-corrected chi connectivity index (χ4v) is 8.52. The maximum Gasteiger partial charge on any atom is 0.343 e. The second-order valence-electron chi connectivity index (χ2n) is 16.9. The summed E-state index contributed by atoms with van der Waals surface area (Å²) in [5.41, 5.74) is -0.901. The second kappa shape index (κ2) is 14.1. The zero-order chi connectivity index (χ0) is 38.4. The van der Waals surface area contributed by atoms with Crippen LogP contribution in [0.2, 0.25) is 0 Å². The van der Waals surface area contributed by atoms with Gasteiger partial charge in [-0.25, -0.2) is 4.79 Å². The summed E-state index contributed by atoms with van der Waals surface area (Å²) in [6.07, 6.45) is 8.72. The third kappa shape index (κ3) is 6.63. The van der Waals surface area contributed by atoms with Gasteiger partial charge in [0, 0.05) is 11.5 Å². The number of phenols is 1. The van der Waals surface area contributed by atoms with Gasteiger partial charge in [-0.1, -0.05) is 67.0 Å². The Morgan fingerprint density at radius 1 is 0.808 bits per heavy atom. The van der Waals surface area contributed by atoms with Crippen LogP contribution >= 0.6 is 0 Å². The van der Waals surface area contributed by atoms with E-state index in [0.29, 0.717) is 25.7 Å². The minimum absolute atomic E-state index is 0.0383. The average Bonchev–Trinajstić information content (AvgIpc) is 3.06. The van der Waals surface area contributed by atoms with Crippen molar-refractivity contribution in [3.05, 3.63) is 106 Å². The lowest BCUT2D eigenvalue weighted by Gasteiger charge is -2.64. The van der Waals surface area contributed by atoms with Crippen molar-refractivity contribution < 1.29 is 33.8 Å². The number of phenolic OH excluding ortho intramolecular Hbond substituents is 1. The van der Waals surface area contributed by atoms with Crippen molar-refractivity contribution in [1.82, 2.24) is 0 Å². The van der Waals surface area contributed by atoms with Gasteiger partial charge in [-0.05, 0) is 129 Å². The summed E-state index contributed by atoms with van der Waals surface area (Å²) in [6, 6.07) is 12.3. The predicted octanol–water partition coefficient (Wildman–Crippen LogP) is 10.1. The molecule has 52 heavy (non-hydrogen) atoms. The third-order valence-electron chi connectivity index (χ3n) is 11.9. The summed E-state index contributed by atoms with van der Waals surface area (Å²) < 4.78 is 12.5. The molecule has 5 rings (SSSR count). The lowest BCUT2D eigenvalue weighted by atomic mass is 9.39. The van der Waals surface area contributed by atoms with E-state index in [9.17, 15) is 14.7 Å². The molecule has 1 spiro atoms. The predicted molar refractivity (Wildman–Crippen MR) is 203 cm³/mol. The van der Waals surface area contributed by atoms with Crippen LogP contribution in [0, 0.1) is 28.1 Å². The van der Waals surface area contributed by atoms with Gasteiger partial charge in [0.15, 0.2) is 28.8 Å². The van der Waals surface area contributed by atoms with Gasteiger partial charge in [0.2, 0.25) is 0 Å². The number of Topliss-reactive ketones (excluding diaryl/α,β-unsaturated/α-hetero) is 3. The Hall–Kier alpha value is -4.52. The number of fused-ring (bicyclic) bond motifs is 1. The van der Waals surface area contributed by atoms with E-state index in [1.54, 1.807) is 30.3 Å². The molecular formula is C45H54O7. The molecule has 0 radical (unpaired) electrons. The van der Waals surface area contributed by atoms with Gasteiger partial charge in [-0.3, -0.25) is 14.4 Å². The van der Waals surface area contributed by atoms with E-state index in [0.717, 1.165) is 16.7 Å². The van der Waals surface area contributed by atoms with Gasteiger partial charge in [-0.15, -0.1) is 0 Å². The number of ketones is 3. The number of hydrogen-bond donors (Lipinski definition) is 1. The van der Waals surface area contributed by atoms with Gasteiger partial charge in [0.25, 0.3) is 0 Å². The smallest absolute Gasteiger partial charge is 0.343 e. The molecule has 7 nitrogen and oxygen atoms in total. The molecule has 2 fully saturated rings. The summed E-state index contributed by atoms with van der Waals surface area (Å²) in [5, 5.41) is 10.7. The van der Waals surface area contributed by atoms with E-state index in [1.165, 1.54) is 18.2 Å². The highest BCUT2D eigenvalue weighted by Crippen LogP contribution is 2.69. The van der Waals surface area contributed by atoms with Gasteiger partial charge >= 0.3 is 5.97 Å². The first-order valence-electron chi connectivity index (χ1n) is 18.4. The molecule has 276 valence electrons. The normalized spacial score (nSPS) is 25.7. The van der Waals surface area contributed by atoms with Crippen molar-refractivity contribution in [2.45, 2.75) is 107 Å². The van der Waals surface area contributed by atoms with Gasteiger partial charge in [-0.2, -0.15) is 0 Å². The maximum absolute atomic E-state index is 15.6. The molecule has 1 aliphatic heterocycles. The minimum atomic E-state index is -1.54. The molecule has 4 atom stereocenters. The number of carbonyl (C=O) groups excluding carboxylic acids is 4. The van der Waals surface area contributed by atoms with Gasteiger partial charge in [0.1, 0.15) is 22.3 Å². The molecule has 2 aromatic rings. The topological polar surface area (TPSA) is 107 Å². The molecule has 1 saturated carbocycles. The van der Waals surface area contributed by atoms with Crippen LogP contribution in [0.4, 0.5) is 0 Å². The Morgan fingerprint density at radius 3 is 1.98 bits per heavy atom. The number of aromatic hydroxyl groups is 1. The van der Waals surface area contributed by atoms with Crippen LogP contribution in [-0.2, 0) is 14.3 Å². The monoisotopic (exact) mass is 706 g/mol. The number of rotatable bonds is 10. The van der Waals surface area contributed by atoms with Crippen molar-refractivity contribution >= 4 is 23.3 Å². The van der Waals surface area contributed by atoms with Gasteiger partial charge in [0.05, 0.1) is 11.0 Å². The van der Waals surface area contributed by atoms with E-state index in [-0.39, 0.29) is 58.0 Å². The fraction of sp³-hybridized carbons (Fsp3) is 0.467. The lowest BCUT2D eigenvalue weighted by molar-refractivity contribution is -0.188. The van der Waals surface area contributed by atoms with Crippen LogP contribution in [0.5, 0.6) is 11.5 Å². The number of benzene rings is 2. The lowest BCUT2D eigenvalue weighted by Crippen LogP contribution is -2.69. The number of ether oxygens (including phenoxy) is 2. The molecule has 2 aromatic carbocycles. The van der Waals surface area contributed by atoms with E-state index >= 15 is 9.59 Å². The highest BCUT2D eigenvalue weighted by Gasteiger charge is 2.74. The summed E-state index contributed by atoms with van der Waals surface area (Å²) in [4.78, 5) is 59.0. The molecule has 0 aromatic heterocycles. The van der Waals surface area contributed by atoms with Crippen molar-refractivity contribution in [1.29, 1.82) is 0 Å². The largest absolute Gasteiger partial charge is 0.504 e. The molecule has 1 saturated heterocycles. The highest BCUT2D eigenvalue weighted by atomic mass is 16.5. The summed E-state index contributed by atoms with van der Waals surface area (Å²) in [5.74, 6) is -2.55. The van der Waals surface area contributed by atoms with Crippen LogP contribution in [0.3, 0.4) is 0 Å². The van der Waals surface area contributed by atoms with Crippen LogP contribution in [0.25, 0.3) is 0 Å². The quantitative estimate of drug-likeness (QED) is 0.0654. The van der Waals surface area contributed by atoms with Crippen molar-refractivity contribution in [2.24, 2.45) is 28.1 Å². The Bertz CT molecular complexity index is 1900. The summed E-state index contributed by atoms with van der Waals surface area (Å²) in [6.45, 7) is 20.1. The molecule has 2 bridgehead atoms. The maximum atomic E-state index is 15.6. The Labute approximate surface area is 308 Å². The van der Waals surface area contributed by atoms with Crippen molar-refractivity contribution in [3.8, 4) is 11.5 Å². The molecule has 7 heteroatoms. The van der Waals surface area contributed by atoms with Crippen molar-refractivity contribution in [2.75, 3.05) is 0 Å². The third-order valence-corrected chi connectivity index (χ3v) is 11.9. The number of hydrogen-bond acceptors (Lipinski definition) is 7. The summed E-state index contributed by atoms with van der Waals surface area (Å²) in [7, 11) is 0. The van der Waals surface area contributed by atoms with E-state index in [2.05, 4.69) is 26.0 Å². The first kappa shape index (κ1) is 38.7. The summed E-state index contributed by atoms with van der Waals surface area (Å²) >= 11 is 0. The molecule has 0 amide bonds. The zero-order valence-electron chi connectivity index (χ0n) is 32.4. The van der Waals surface area contributed by atoms with Crippen molar-refractivity contribution in [3.63, 3.8) is 0 Å². The van der Waals surface area contributed by atoms with Crippen LogP contribution in [-0.4, -0.2) is 34.0 Å². The van der Waals surface area contributed by atoms with Crippen LogP contribution in [0.1, 0.15) is 122 Å². The zero-order valence-corrected chi connectivity index (χ0v) is 32.4. The van der Waals surface area contributed by atoms with Gasteiger partial charge < -0.3 is 14.6 Å². The number of esters is 1. The first-order chi connectivity index (χ1) is 24.3. The molecular weight excluding hydrogens is 652 g/mol. The molecule has 0 unspecified atom stereocenters. The van der Waals surface area contributed by atoms with Crippen LogP contribution < -0.4 is 4.74 Å². The standard InChI is InChI=1S/C45H54O7/c1-27(2)16-19-32-25-44-26-33(20-17-28(3)4)43(9,10)52-39(44)36(38(48)45(41(44)50,42(32,7)8)23-22-29(5)6)37(47)31-18-21-34(46)35(24-31)51-40(49)30-14-12-11-13-15-30/h11-18,21-22,24,32-33,46H,19-20,23,25-26H2,1-10H3/t32-,33+,44+,45+/m1/s1. The number of allylic oxidation sites excluding steroid dienone is 8. The van der Waals surface area contributed by atoms with E-state index in [1.807, 2.05) is 61.5 Å². The molecule has 1 heterocycles. The SMILES string of the molecule is CC(C)=CC[C@H]1C[C@@]23C[C@@H](CC=C(C)C)C(C)(C)[C@@](CC=C(C)C)(C(=O)C(C(=O)c4ccc(O)c(OC(=O)c5ccccc5)c4)=C2OC1(C)C)C3=O. The second-order valence-corrected chi connectivity index (χ2v) is 16.9. The number of carbonyl (C=O) groups is 4. The first-order valence-corrected chi connectivity index (χ1v) is 18.4. The Kier molecular flexibility index (Phi) is 10.5. The Balaban J connectivity index is 1.76. The fourth-order valence-electron chi connectivity index (χ4n) is 8.52. The van der Waals surface area contributed by atoms with Crippen LogP contribution in [0.15, 0.2) is 94.8 Å². The molecule has 3 aliphatic rings. The van der Waals surface area contributed by atoms with E-state index < -0.39 is 39.4 Å². The molecule has 1 N–H and O–H groups in total. The Morgan fingerprint density at radius 2 is 1.38 bits per heavy atom. The average molecular weight is 707 g/mol. The minimum Gasteiger partial charge on any atom is -0.504 e.